The van der Waals surface area contributed by atoms with Crippen molar-refractivity contribution in [1.29, 1.82) is 0 Å². The van der Waals surface area contributed by atoms with Crippen molar-refractivity contribution in [1.82, 2.24) is 10.4 Å². The van der Waals surface area contributed by atoms with Gasteiger partial charge in [-0.2, -0.15) is 0 Å². The van der Waals surface area contributed by atoms with Crippen LogP contribution < -0.4 is 5.43 Å². The zero-order chi connectivity index (χ0) is 11.3. The molecule has 0 amide bonds. The van der Waals surface area contributed by atoms with Crippen LogP contribution in [0.15, 0.2) is 0 Å². The summed E-state index contributed by atoms with van der Waals surface area (Å²) in [6.07, 6.45) is 6.73. The lowest BCUT2D eigenvalue weighted by Gasteiger charge is -2.39. The van der Waals surface area contributed by atoms with E-state index in [4.69, 9.17) is 0 Å². The minimum Gasteiger partial charge on any atom is -0.255 e. The summed E-state index contributed by atoms with van der Waals surface area (Å²) in [6.45, 7) is 10.4. The van der Waals surface area contributed by atoms with Crippen LogP contribution in [0.5, 0.6) is 0 Å². The quantitative estimate of drug-likeness (QED) is 0.704. The van der Waals surface area contributed by atoms with E-state index >= 15 is 0 Å². The SMILES string of the molecule is CC(C)CCCNN1C(C)CCCC1C. The van der Waals surface area contributed by atoms with Crippen LogP contribution in [0, 0.1) is 5.92 Å². The van der Waals surface area contributed by atoms with Gasteiger partial charge in [0.2, 0.25) is 0 Å². The zero-order valence-corrected chi connectivity index (χ0v) is 10.9. The van der Waals surface area contributed by atoms with E-state index in [9.17, 15) is 0 Å². The molecule has 1 fully saturated rings. The Hall–Kier alpha value is -0.0800. The first-order chi connectivity index (χ1) is 7.11. The number of piperidine rings is 1. The molecule has 1 aliphatic rings. The maximum absolute atomic E-state index is 3.61. The van der Waals surface area contributed by atoms with Gasteiger partial charge in [0, 0.05) is 18.6 Å². The predicted octanol–water partition coefficient (Wildman–Crippen LogP) is 3.19. The molecule has 2 nitrogen and oxygen atoms in total. The molecule has 0 aromatic rings. The van der Waals surface area contributed by atoms with E-state index in [0.717, 1.165) is 12.5 Å². The average Bonchev–Trinajstić information content (AvgIpc) is 2.15. The molecule has 1 rings (SSSR count). The van der Waals surface area contributed by atoms with Crippen LogP contribution in [0.2, 0.25) is 0 Å². The van der Waals surface area contributed by atoms with Gasteiger partial charge in [0.25, 0.3) is 0 Å². The van der Waals surface area contributed by atoms with Gasteiger partial charge in [-0.3, -0.25) is 5.43 Å². The van der Waals surface area contributed by atoms with E-state index in [1.165, 1.54) is 32.1 Å². The van der Waals surface area contributed by atoms with Gasteiger partial charge in [0.1, 0.15) is 0 Å². The normalized spacial score (nSPS) is 28.6. The van der Waals surface area contributed by atoms with Crippen molar-refractivity contribution in [2.24, 2.45) is 5.92 Å². The lowest BCUT2D eigenvalue weighted by Crippen LogP contribution is -2.52. The second kappa shape index (κ2) is 6.49. The third kappa shape index (κ3) is 4.52. The first-order valence-electron chi connectivity index (χ1n) is 6.63. The highest BCUT2D eigenvalue weighted by molar-refractivity contribution is 4.76. The Morgan fingerprint density at radius 3 is 2.33 bits per heavy atom. The smallest absolute Gasteiger partial charge is 0.0218 e. The largest absolute Gasteiger partial charge is 0.255 e. The number of rotatable bonds is 5. The van der Waals surface area contributed by atoms with Crippen molar-refractivity contribution in [2.75, 3.05) is 6.54 Å². The second-order valence-electron chi connectivity index (χ2n) is 5.48. The molecule has 0 bridgehead atoms. The highest BCUT2D eigenvalue weighted by atomic mass is 15.5. The monoisotopic (exact) mass is 212 g/mol. The summed E-state index contributed by atoms with van der Waals surface area (Å²) in [7, 11) is 0. The van der Waals surface area contributed by atoms with Crippen LogP contribution in [0.25, 0.3) is 0 Å². The van der Waals surface area contributed by atoms with Gasteiger partial charge >= 0.3 is 0 Å². The van der Waals surface area contributed by atoms with Crippen molar-refractivity contribution in [3.05, 3.63) is 0 Å². The fraction of sp³-hybridized carbons (Fsp3) is 1.00. The molecule has 1 aliphatic heterocycles. The fourth-order valence-electron chi connectivity index (χ4n) is 2.45. The van der Waals surface area contributed by atoms with Crippen molar-refractivity contribution in [3.63, 3.8) is 0 Å². The van der Waals surface area contributed by atoms with E-state index in [2.05, 4.69) is 38.1 Å². The average molecular weight is 212 g/mol. The van der Waals surface area contributed by atoms with E-state index in [1.54, 1.807) is 0 Å². The van der Waals surface area contributed by atoms with Crippen LogP contribution in [0.4, 0.5) is 0 Å². The van der Waals surface area contributed by atoms with Crippen LogP contribution >= 0.6 is 0 Å². The maximum atomic E-state index is 3.61. The number of nitrogens with one attached hydrogen (secondary N) is 1. The topological polar surface area (TPSA) is 15.3 Å². The Kier molecular flexibility index (Phi) is 5.62. The first kappa shape index (κ1) is 13.0. The standard InChI is InChI=1S/C13H28N2/c1-11(2)7-6-10-14-15-12(3)8-5-9-13(15)4/h11-14H,5-10H2,1-4H3. The van der Waals surface area contributed by atoms with E-state index in [0.29, 0.717) is 12.1 Å². The van der Waals surface area contributed by atoms with Gasteiger partial charge in [-0.05, 0) is 45.4 Å². The Morgan fingerprint density at radius 2 is 1.80 bits per heavy atom. The molecule has 1 N–H and O–H groups in total. The zero-order valence-electron chi connectivity index (χ0n) is 10.9. The van der Waals surface area contributed by atoms with Crippen LogP contribution in [0.3, 0.4) is 0 Å². The summed E-state index contributed by atoms with van der Waals surface area (Å²) in [5.41, 5.74) is 3.61. The molecule has 0 spiro atoms. The number of hydrogen-bond acceptors (Lipinski definition) is 2. The molecular weight excluding hydrogens is 184 g/mol. The molecule has 1 heterocycles. The van der Waals surface area contributed by atoms with Crippen molar-refractivity contribution in [2.45, 2.75) is 71.9 Å². The molecule has 0 radical (unpaired) electrons. The van der Waals surface area contributed by atoms with Gasteiger partial charge in [0.05, 0.1) is 0 Å². The van der Waals surface area contributed by atoms with Crippen molar-refractivity contribution < 1.29 is 0 Å². The van der Waals surface area contributed by atoms with E-state index in [1.807, 2.05) is 0 Å². The summed E-state index contributed by atoms with van der Waals surface area (Å²) < 4.78 is 0. The second-order valence-corrected chi connectivity index (χ2v) is 5.48. The van der Waals surface area contributed by atoms with Gasteiger partial charge in [-0.1, -0.05) is 20.3 Å². The molecule has 90 valence electrons. The van der Waals surface area contributed by atoms with Gasteiger partial charge in [-0.25, -0.2) is 5.01 Å². The summed E-state index contributed by atoms with van der Waals surface area (Å²) >= 11 is 0. The third-order valence-electron chi connectivity index (χ3n) is 3.45. The Morgan fingerprint density at radius 1 is 1.20 bits per heavy atom. The highest BCUT2D eigenvalue weighted by Gasteiger charge is 2.23. The van der Waals surface area contributed by atoms with Crippen LogP contribution in [-0.4, -0.2) is 23.6 Å². The lowest BCUT2D eigenvalue weighted by atomic mass is 10.00. The Labute approximate surface area is 95.4 Å². The van der Waals surface area contributed by atoms with Crippen molar-refractivity contribution >= 4 is 0 Å². The molecule has 15 heavy (non-hydrogen) atoms. The predicted molar refractivity (Wildman–Crippen MR) is 66.7 cm³/mol. The molecule has 0 aliphatic carbocycles. The highest BCUT2D eigenvalue weighted by Crippen LogP contribution is 2.20. The molecule has 1 saturated heterocycles. The molecule has 2 atom stereocenters. The molecule has 2 heteroatoms. The van der Waals surface area contributed by atoms with E-state index in [-0.39, 0.29) is 0 Å². The molecule has 2 unspecified atom stereocenters. The maximum Gasteiger partial charge on any atom is 0.0218 e. The van der Waals surface area contributed by atoms with Crippen molar-refractivity contribution in [3.8, 4) is 0 Å². The summed E-state index contributed by atoms with van der Waals surface area (Å²) in [4.78, 5) is 0. The summed E-state index contributed by atoms with van der Waals surface area (Å²) in [6, 6.07) is 1.43. The van der Waals surface area contributed by atoms with Crippen LogP contribution in [0.1, 0.15) is 59.8 Å². The Bertz CT molecular complexity index is 158. The van der Waals surface area contributed by atoms with Gasteiger partial charge in [0.15, 0.2) is 0 Å². The molecule has 0 aromatic heterocycles. The van der Waals surface area contributed by atoms with Crippen LogP contribution in [-0.2, 0) is 0 Å². The number of hydrogen-bond donors (Lipinski definition) is 1. The summed E-state index contributed by atoms with van der Waals surface area (Å²) in [5.74, 6) is 0.836. The number of hydrazine groups is 1. The first-order valence-corrected chi connectivity index (χ1v) is 6.63. The third-order valence-corrected chi connectivity index (χ3v) is 3.45. The fourth-order valence-corrected chi connectivity index (χ4v) is 2.45. The molecular formula is C13H28N2. The molecule has 0 aromatic carbocycles. The van der Waals surface area contributed by atoms with Gasteiger partial charge < -0.3 is 0 Å². The number of nitrogens with zero attached hydrogens (tertiary/aromatic N) is 1. The minimum absolute atomic E-state index is 0.716. The summed E-state index contributed by atoms with van der Waals surface area (Å²) in [5, 5.41) is 2.48. The molecule has 0 saturated carbocycles. The Balaban J connectivity index is 2.17. The van der Waals surface area contributed by atoms with Gasteiger partial charge in [-0.15, -0.1) is 0 Å². The van der Waals surface area contributed by atoms with E-state index < -0.39 is 0 Å². The minimum atomic E-state index is 0.716. The lowest BCUT2D eigenvalue weighted by molar-refractivity contribution is 0.0457.